The van der Waals surface area contributed by atoms with Crippen molar-refractivity contribution in [1.82, 2.24) is 10.2 Å². The molecule has 0 bridgehead atoms. The first kappa shape index (κ1) is 38.3. The number of aliphatic hydroxyl groups is 1. The maximum atomic E-state index is 13.9. The van der Waals surface area contributed by atoms with Gasteiger partial charge in [0.25, 0.3) is 0 Å². The summed E-state index contributed by atoms with van der Waals surface area (Å²) in [5.74, 6) is 1.88. The van der Waals surface area contributed by atoms with E-state index in [1.807, 2.05) is 28.5 Å². The number of hydrogen-bond donors (Lipinski definition) is 3. The van der Waals surface area contributed by atoms with E-state index in [-0.39, 0.29) is 83.7 Å². The quantitative estimate of drug-likeness (QED) is 0.141. The Labute approximate surface area is 323 Å². The molecule has 8 rings (SSSR count). The molecule has 0 aromatic rings. The van der Waals surface area contributed by atoms with Crippen LogP contribution in [0.25, 0.3) is 0 Å². The summed E-state index contributed by atoms with van der Waals surface area (Å²) in [6.07, 6.45) is 14.3. The van der Waals surface area contributed by atoms with Crippen LogP contribution >= 0.6 is 21.6 Å². The number of esters is 2. The molecule has 0 radical (unpaired) electrons. The van der Waals surface area contributed by atoms with Gasteiger partial charge < -0.3 is 35.3 Å². The summed E-state index contributed by atoms with van der Waals surface area (Å²) in [6, 6.07) is 0.308. The molecule has 5 heterocycles. The summed E-state index contributed by atoms with van der Waals surface area (Å²) in [7, 11) is 3.73. The second-order valence-electron chi connectivity index (χ2n) is 18.1. The number of carbonyl (C=O) groups is 3. The number of fused-ring (bicyclic) bond motifs is 7. The van der Waals surface area contributed by atoms with Crippen LogP contribution in [0, 0.1) is 40.9 Å². The molecule has 4 N–H and O–H groups in total. The first-order chi connectivity index (χ1) is 25.5. The minimum absolute atomic E-state index is 0.0534. The minimum atomic E-state index is -0.958. The number of aliphatic hydroxyl groups excluding tert-OH is 1. The van der Waals surface area contributed by atoms with Crippen LogP contribution in [0.1, 0.15) is 104 Å². The highest BCUT2D eigenvalue weighted by molar-refractivity contribution is 8.76. The molecular formula is C41H61N3O7S2. The van der Waals surface area contributed by atoms with Gasteiger partial charge in [0.2, 0.25) is 5.91 Å². The fraction of sp³-hybridized carbons (Fsp3) is 0.829. The van der Waals surface area contributed by atoms with Crippen molar-refractivity contribution >= 4 is 39.4 Å². The molecule has 294 valence electrons. The smallest absolute Gasteiger partial charge is 0.334 e. The van der Waals surface area contributed by atoms with Gasteiger partial charge in [-0.25, -0.2) is 4.79 Å². The van der Waals surface area contributed by atoms with E-state index in [0.29, 0.717) is 50.3 Å². The maximum Gasteiger partial charge on any atom is 0.334 e. The predicted octanol–water partition coefficient (Wildman–Crippen LogP) is 5.53. The van der Waals surface area contributed by atoms with Gasteiger partial charge in [-0.2, -0.15) is 0 Å². The van der Waals surface area contributed by atoms with Gasteiger partial charge in [-0.05, 0) is 101 Å². The number of allylic oxidation sites excluding steroid dienone is 1. The first-order valence-electron chi connectivity index (χ1n) is 20.6. The van der Waals surface area contributed by atoms with Crippen molar-refractivity contribution in [1.29, 1.82) is 0 Å². The van der Waals surface area contributed by atoms with E-state index in [2.05, 4.69) is 23.2 Å². The van der Waals surface area contributed by atoms with Gasteiger partial charge in [0.05, 0.1) is 18.2 Å². The van der Waals surface area contributed by atoms with Crippen molar-refractivity contribution < 1.29 is 33.7 Å². The molecule has 3 aliphatic carbocycles. The number of hydrogen-bond acceptors (Lipinski definition) is 11. The van der Waals surface area contributed by atoms with Crippen LogP contribution in [0.3, 0.4) is 0 Å². The average Bonchev–Trinajstić information content (AvgIpc) is 3.74. The Balaban J connectivity index is 1.16. The van der Waals surface area contributed by atoms with E-state index in [1.165, 1.54) is 5.57 Å². The largest absolute Gasteiger partial charge is 0.462 e. The SMILES string of the molecule is CC=C(C)C(=O)OC1(C)CC=C2CSSCC3CCN3C(=O)CC3CNC(N)CC3C2C12CC1CC3CC(C4(CCO)CCCC4)C(=O)OC3CC1O2. The fourth-order valence-corrected chi connectivity index (χ4v) is 14.8. The molecule has 0 aromatic carbocycles. The number of amides is 1. The standard InChI is InChI=1S/C41H61N3O7S2/c1-4-24(2)37(47)51-39(3)11-7-25-22-52-53-23-29-8-13-44(29)35(46)17-28-21-43-34(42)18-30(28)36(25)41(39)20-27-15-26-16-31(40(12-14-45)9-5-6-10-40)38(48)49-32(26)19-33(27)50-41/h4,7,26-34,36,43,45H,5-6,8-23,42H2,1-3H3. The summed E-state index contributed by atoms with van der Waals surface area (Å²) in [6.45, 7) is 7.35. The van der Waals surface area contributed by atoms with Crippen molar-refractivity contribution in [2.24, 2.45) is 46.7 Å². The van der Waals surface area contributed by atoms with Crippen molar-refractivity contribution in [2.45, 2.75) is 140 Å². The van der Waals surface area contributed by atoms with E-state index in [0.717, 1.165) is 69.4 Å². The monoisotopic (exact) mass is 771 g/mol. The molecule has 2 saturated carbocycles. The van der Waals surface area contributed by atoms with Gasteiger partial charge in [-0.3, -0.25) is 9.59 Å². The molecule has 0 aromatic heterocycles. The van der Waals surface area contributed by atoms with Crippen molar-refractivity contribution in [3.8, 4) is 0 Å². The van der Waals surface area contributed by atoms with Crippen molar-refractivity contribution in [2.75, 3.05) is 31.2 Å². The summed E-state index contributed by atoms with van der Waals surface area (Å²) in [5.41, 5.74) is 6.68. The Morgan fingerprint density at radius 2 is 1.94 bits per heavy atom. The van der Waals surface area contributed by atoms with Gasteiger partial charge in [0.1, 0.15) is 17.3 Å². The Kier molecular flexibility index (Phi) is 10.9. The molecule has 5 saturated heterocycles. The lowest BCUT2D eigenvalue weighted by atomic mass is 9.56. The van der Waals surface area contributed by atoms with Crippen LogP contribution in [0.4, 0.5) is 0 Å². The van der Waals surface area contributed by atoms with Crippen LogP contribution in [-0.2, 0) is 28.6 Å². The maximum absolute atomic E-state index is 13.9. The fourth-order valence-electron chi connectivity index (χ4n) is 12.2. The van der Waals surface area contributed by atoms with E-state index in [1.54, 1.807) is 13.0 Å². The lowest BCUT2D eigenvalue weighted by molar-refractivity contribution is -0.230. The summed E-state index contributed by atoms with van der Waals surface area (Å²) < 4.78 is 20.7. The third-order valence-corrected chi connectivity index (χ3v) is 17.8. The zero-order valence-corrected chi connectivity index (χ0v) is 33.5. The highest BCUT2D eigenvalue weighted by Gasteiger charge is 2.68. The van der Waals surface area contributed by atoms with Crippen molar-refractivity contribution in [3.63, 3.8) is 0 Å². The van der Waals surface area contributed by atoms with Gasteiger partial charge in [0.15, 0.2) is 0 Å². The van der Waals surface area contributed by atoms with Crippen LogP contribution in [-0.4, -0.2) is 94.7 Å². The molecule has 12 heteroatoms. The van der Waals surface area contributed by atoms with Crippen LogP contribution in [0.5, 0.6) is 0 Å². The number of rotatable bonds is 5. The van der Waals surface area contributed by atoms with E-state index in [4.69, 9.17) is 19.9 Å². The predicted molar refractivity (Wildman–Crippen MR) is 206 cm³/mol. The molecule has 12 unspecified atom stereocenters. The molecule has 12 atom stereocenters. The topological polar surface area (TPSA) is 140 Å². The lowest BCUT2D eigenvalue weighted by Gasteiger charge is -2.57. The number of ether oxygens (including phenoxy) is 3. The van der Waals surface area contributed by atoms with Crippen LogP contribution in [0.2, 0.25) is 0 Å². The normalized spacial score (nSPS) is 44.1. The summed E-state index contributed by atoms with van der Waals surface area (Å²) in [4.78, 5) is 43.6. The average molecular weight is 772 g/mol. The van der Waals surface area contributed by atoms with Crippen LogP contribution in [0.15, 0.2) is 23.3 Å². The molecule has 8 aliphatic rings. The zero-order chi connectivity index (χ0) is 37.1. The van der Waals surface area contributed by atoms with E-state index < -0.39 is 11.2 Å². The second-order valence-corrected chi connectivity index (χ2v) is 20.6. The van der Waals surface area contributed by atoms with E-state index >= 15 is 0 Å². The summed E-state index contributed by atoms with van der Waals surface area (Å²) >= 11 is 0. The molecule has 1 spiro atoms. The summed E-state index contributed by atoms with van der Waals surface area (Å²) in [5, 5.41) is 13.6. The third kappa shape index (κ3) is 6.74. The highest BCUT2D eigenvalue weighted by Crippen LogP contribution is 2.63. The number of piperidine rings is 1. The Morgan fingerprint density at radius 3 is 2.68 bits per heavy atom. The third-order valence-electron chi connectivity index (χ3n) is 15.4. The minimum Gasteiger partial charge on any atom is -0.462 e. The number of carbonyl (C=O) groups excluding carboxylic acids is 3. The van der Waals surface area contributed by atoms with Crippen LogP contribution < -0.4 is 11.1 Å². The van der Waals surface area contributed by atoms with Crippen molar-refractivity contribution in [3.05, 3.63) is 23.3 Å². The van der Waals surface area contributed by atoms with Gasteiger partial charge in [-0.1, -0.05) is 52.2 Å². The van der Waals surface area contributed by atoms with E-state index in [9.17, 15) is 19.5 Å². The van der Waals surface area contributed by atoms with Gasteiger partial charge in [-0.15, -0.1) is 0 Å². The van der Waals surface area contributed by atoms with Gasteiger partial charge >= 0.3 is 11.9 Å². The zero-order valence-electron chi connectivity index (χ0n) is 31.9. The van der Waals surface area contributed by atoms with Gasteiger partial charge in [0, 0.05) is 68.0 Å². The number of nitrogens with zero attached hydrogens (tertiary/aromatic N) is 1. The highest BCUT2D eigenvalue weighted by atomic mass is 33.1. The number of nitrogens with two attached hydrogens (primary N) is 1. The Morgan fingerprint density at radius 1 is 1.13 bits per heavy atom. The molecule has 1 amide bonds. The molecular weight excluding hydrogens is 711 g/mol. The molecule has 5 aliphatic heterocycles. The lowest BCUT2D eigenvalue weighted by Crippen LogP contribution is -2.65. The Hall–Kier alpha value is -1.57. The molecule has 53 heavy (non-hydrogen) atoms. The molecule has 7 fully saturated rings. The first-order valence-corrected chi connectivity index (χ1v) is 23.1. The second kappa shape index (κ2) is 15.1. The Bertz CT molecular complexity index is 1500. The number of nitrogens with one attached hydrogen (secondary N) is 1. The molecule has 10 nitrogen and oxygen atoms in total.